The summed E-state index contributed by atoms with van der Waals surface area (Å²) in [6.07, 6.45) is 2.64. The van der Waals surface area contributed by atoms with Crippen LogP contribution in [0.5, 0.6) is 0 Å². The highest BCUT2D eigenvalue weighted by molar-refractivity contribution is 6.07. The summed E-state index contributed by atoms with van der Waals surface area (Å²) in [5.41, 5.74) is 7.93. The van der Waals surface area contributed by atoms with Gasteiger partial charge in [-0.1, -0.05) is 6.92 Å². The van der Waals surface area contributed by atoms with Gasteiger partial charge in [-0.25, -0.2) is 0 Å². The van der Waals surface area contributed by atoms with E-state index in [1.807, 2.05) is 26.0 Å². The number of nitrogens with two attached hydrogens (primary N) is 1. The maximum absolute atomic E-state index is 12.0. The Labute approximate surface area is 100 Å². The Hall–Kier alpha value is -1.97. The third-order valence-corrected chi connectivity index (χ3v) is 2.94. The van der Waals surface area contributed by atoms with Crippen molar-refractivity contribution < 1.29 is 4.79 Å². The average Bonchev–Trinajstić information content (AvgIpc) is 2.71. The molecule has 1 amide bonds. The summed E-state index contributed by atoms with van der Waals surface area (Å²) in [6.45, 7) is 4.03. The van der Waals surface area contributed by atoms with Crippen molar-refractivity contribution in [2.24, 2.45) is 0 Å². The molecule has 17 heavy (non-hydrogen) atoms. The summed E-state index contributed by atoms with van der Waals surface area (Å²) in [4.78, 5) is 15.1. The molecule has 4 N–H and O–H groups in total. The van der Waals surface area contributed by atoms with Crippen molar-refractivity contribution in [1.29, 1.82) is 0 Å². The van der Waals surface area contributed by atoms with Crippen LogP contribution in [0.1, 0.15) is 30.6 Å². The lowest BCUT2D eigenvalue weighted by Gasteiger charge is -2.10. The first kappa shape index (κ1) is 11.5. The van der Waals surface area contributed by atoms with Gasteiger partial charge in [0.15, 0.2) is 0 Å². The molecule has 0 saturated carbocycles. The predicted octanol–water partition coefficient (Wildman–Crippen LogP) is 2.28. The molecule has 1 aromatic carbocycles. The van der Waals surface area contributed by atoms with E-state index in [-0.39, 0.29) is 11.9 Å². The molecule has 0 fully saturated rings. The number of anilines is 1. The summed E-state index contributed by atoms with van der Waals surface area (Å²) in [6, 6.07) is 5.68. The van der Waals surface area contributed by atoms with Gasteiger partial charge in [0, 0.05) is 28.8 Å². The van der Waals surface area contributed by atoms with Crippen LogP contribution in [0.3, 0.4) is 0 Å². The molecule has 0 aliphatic rings. The molecule has 4 nitrogen and oxygen atoms in total. The van der Waals surface area contributed by atoms with Crippen molar-refractivity contribution in [2.75, 3.05) is 5.73 Å². The number of amides is 1. The number of carbonyl (C=O) groups is 1. The van der Waals surface area contributed by atoms with E-state index < -0.39 is 0 Å². The highest BCUT2D eigenvalue weighted by Gasteiger charge is 2.13. The Morgan fingerprint density at radius 3 is 3.00 bits per heavy atom. The normalized spacial score (nSPS) is 12.6. The molecule has 0 radical (unpaired) electrons. The van der Waals surface area contributed by atoms with E-state index in [2.05, 4.69) is 10.3 Å². The van der Waals surface area contributed by atoms with Crippen molar-refractivity contribution in [3.63, 3.8) is 0 Å². The summed E-state index contributed by atoms with van der Waals surface area (Å²) in [5, 5.41) is 3.85. The maximum Gasteiger partial charge on any atom is 0.253 e. The highest BCUT2D eigenvalue weighted by Crippen LogP contribution is 2.20. The molecule has 0 saturated heterocycles. The molecule has 1 aromatic heterocycles. The average molecular weight is 231 g/mol. The number of benzene rings is 1. The quantitative estimate of drug-likeness (QED) is 0.709. The number of H-pyrrole nitrogens is 1. The van der Waals surface area contributed by atoms with E-state index in [0.717, 1.165) is 17.3 Å². The lowest BCUT2D eigenvalue weighted by atomic mass is 10.1. The second kappa shape index (κ2) is 4.49. The standard InChI is InChI=1S/C13H17N3O/c1-3-8(2)16-13(17)11-7-15-12-6-9(14)4-5-10(11)12/h4-8,15H,3,14H2,1-2H3,(H,16,17). The monoisotopic (exact) mass is 231 g/mol. The van der Waals surface area contributed by atoms with Crippen LogP contribution >= 0.6 is 0 Å². The molecule has 2 rings (SSSR count). The Morgan fingerprint density at radius 2 is 2.29 bits per heavy atom. The number of aromatic amines is 1. The van der Waals surface area contributed by atoms with E-state index in [1.54, 1.807) is 12.3 Å². The van der Waals surface area contributed by atoms with E-state index >= 15 is 0 Å². The van der Waals surface area contributed by atoms with Gasteiger partial charge >= 0.3 is 0 Å². The first-order chi connectivity index (χ1) is 8.11. The minimum absolute atomic E-state index is 0.0460. The van der Waals surface area contributed by atoms with Gasteiger partial charge in [0.2, 0.25) is 0 Å². The summed E-state index contributed by atoms with van der Waals surface area (Å²) >= 11 is 0. The molecule has 2 aromatic rings. The second-order valence-corrected chi connectivity index (χ2v) is 4.29. The number of hydrogen-bond donors (Lipinski definition) is 3. The molecule has 1 atom stereocenters. The van der Waals surface area contributed by atoms with Crippen LogP contribution in [0.15, 0.2) is 24.4 Å². The van der Waals surface area contributed by atoms with Gasteiger partial charge < -0.3 is 16.0 Å². The van der Waals surface area contributed by atoms with Crippen LogP contribution in [-0.4, -0.2) is 16.9 Å². The Bertz CT molecular complexity index is 545. The molecule has 0 aliphatic heterocycles. The Balaban J connectivity index is 2.33. The summed E-state index contributed by atoms with van der Waals surface area (Å²) in [7, 11) is 0. The minimum atomic E-state index is -0.0460. The topological polar surface area (TPSA) is 70.9 Å². The minimum Gasteiger partial charge on any atom is -0.399 e. The number of nitrogens with one attached hydrogen (secondary N) is 2. The molecule has 0 bridgehead atoms. The van der Waals surface area contributed by atoms with Gasteiger partial charge in [-0.05, 0) is 31.5 Å². The van der Waals surface area contributed by atoms with Crippen LogP contribution in [0, 0.1) is 0 Å². The van der Waals surface area contributed by atoms with Crippen LogP contribution in [0.25, 0.3) is 10.9 Å². The van der Waals surface area contributed by atoms with Gasteiger partial charge in [-0.15, -0.1) is 0 Å². The third-order valence-electron chi connectivity index (χ3n) is 2.94. The first-order valence-corrected chi connectivity index (χ1v) is 5.79. The fourth-order valence-electron chi connectivity index (χ4n) is 1.74. The van der Waals surface area contributed by atoms with Crippen LogP contribution < -0.4 is 11.1 Å². The molecule has 4 heteroatoms. The molecule has 0 aliphatic carbocycles. The van der Waals surface area contributed by atoms with Crippen molar-refractivity contribution in [2.45, 2.75) is 26.3 Å². The fourth-order valence-corrected chi connectivity index (χ4v) is 1.74. The van der Waals surface area contributed by atoms with Gasteiger partial charge in [-0.2, -0.15) is 0 Å². The first-order valence-electron chi connectivity index (χ1n) is 5.79. The number of hydrogen-bond acceptors (Lipinski definition) is 2. The Kier molecular flexibility index (Phi) is 3.04. The zero-order valence-corrected chi connectivity index (χ0v) is 10.1. The Morgan fingerprint density at radius 1 is 1.53 bits per heavy atom. The van der Waals surface area contributed by atoms with Crippen molar-refractivity contribution in [3.8, 4) is 0 Å². The maximum atomic E-state index is 12.0. The smallest absolute Gasteiger partial charge is 0.253 e. The van der Waals surface area contributed by atoms with Crippen LogP contribution in [0.4, 0.5) is 5.69 Å². The van der Waals surface area contributed by atoms with E-state index in [0.29, 0.717) is 11.3 Å². The molecule has 0 spiro atoms. The number of rotatable bonds is 3. The molecular weight excluding hydrogens is 214 g/mol. The van der Waals surface area contributed by atoms with Crippen molar-refractivity contribution >= 4 is 22.5 Å². The number of nitrogen functional groups attached to an aromatic ring is 1. The molecule has 90 valence electrons. The van der Waals surface area contributed by atoms with Crippen LogP contribution in [-0.2, 0) is 0 Å². The predicted molar refractivity (Wildman–Crippen MR) is 69.9 cm³/mol. The van der Waals surface area contributed by atoms with E-state index in [4.69, 9.17) is 5.73 Å². The number of carbonyl (C=O) groups excluding carboxylic acids is 1. The molecular formula is C13H17N3O. The van der Waals surface area contributed by atoms with Crippen molar-refractivity contribution in [1.82, 2.24) is 10.3 Å². The van der Waals surface area contributed by atoms with Gasteiger partial charge in [-0.3, -0.25) is 4.79 Å². The van der Waals surface area contributed by atoms with Gasteiger partial charge in [0.1, 0.15) is 0 Å². The van der Waals surface area contributed by atoms with Gasteiger partial charge in [0.05, 0.1) is 5.56 Å². The zero-order chi connectivity index (χ0) is 12.4. The lowest BCUT2D eigenvalue weighted by molar-refractivity contribution is 0.0941. The molecule has 1 heterocycles. The van der Waals surface area contributed by atoms with E-state index in [9.17, 15) is 4.79 Å². The SMILES string of the molecule is CCC(C)NC(=O)c1c[nH]c2cc(N)ccc12. The fraction of sp³-hybridized carbons (Fsp3) is 0.308. The summed E-state index contributed by atoms with van der Waals surface area (Å²) in [5.74, 6) is -0.0460. The second-order valence-electron chi connectivity index (χ2n) is 4.29. The third kappa shape index (κ3) is 2.25. The summed E-state index contributed by atoms with van der Waals surface area (Å²) < 4.78 is 0. The lowest BCUT2D eigenvalue weighted by Crippen LogP contribution is -2.31. The highest BCUT2D eigenvalue weighted by atomic mass is 16.1. The van der Waals surface area contributed by atoms with E-state index in [1.165, 1.54) is 0 Å². The molecule has 1 unspecified atom stereocenters. The largest absolute Gasteiger partial charge is 0.399 e. The zero-order valence-electron chi connectivity index (χ0n) is 10.1. The number of fused-ring (bicyclic) bond motifs is 1. The number of aromatic nitrogens is 1. The van der Waals surface area contributed by atoms with Crippen molar-refractivity contribution in [3.05, 3.63) is 30.0 Å². The van der Waals surface area contributed by atoms with Gasteiger partial charge in [0.25, 0.3) is 5.91 Å². The van der Waals surface area contributed by atoms with Crippen LogP contribution in [0.2, 0.25) is 0 Å².